The van der Waals surface area contributed by atoms with Gasteiger partial charge in [-0.15, -0.1) is 0 Å². The lowest BCUT2D eigenvalue weighted by Gasteiger charge is -2.29. The van der Waals surface area contributed by atoms with E-state index in [1.54, 1.807) is 0 Å². The number of rotatable bonds is 7. The van der Waals surface area contributed by atoms with Crippen LogP contribution in [0.3, 0.4) is 0 Å². The summed E-state index contributed by atoms with van der Waals surface area (Å²) in [7, 11) is 4.32. The van der Waals surface area contributed by atoms with Gasteiger partial charge in [-0.05, 0) is 44.5 Å². The predicted molar refractivity (Wildman–Crippen MR) is 84.6 cm³/mol. The second-order valence-corrected chi connectivity index (χ2v) is 6.00. The number of likely N-dealkylation sites (N-methyl/N-ethyl adjacent to an activating group) is 1. The third-order valence-electron chi connectivity index (χ3n) is 3.95. The highest BCUT2D eigenvalue weighted by Crippen LogP contribution is 2.15. The minimum atomic E-state index is 0.409. The van der Waals surface area contributed by atoms with Crippen LogP contribution >= 0.6 is 0 Å². The monoisotopic (exact) mass is 262 g/mol. The lowest BCUT2D eigenvalue weighted by molar-refractivity contribution is 0.220. The van der Waals surface area contributed by atoms with Crippen molar-refractivity contribution >= 4 is 0 Å². The molecule has 0 saturated heterocycles. The molecule has 2 heteroatoms. The van der Waals surface area contributed by atoms with Crippen LogP contribution < -0.4 is 5.32 Å². The smallest absolute Gasteiger partial charge is 0.0292 e. The Labute approximate surface area is 119 Å². The van der Waals surface area contributed by atoms with Crippen LogP contribution in [0.5, 0.6) is 0 Å². The molecule has 1 aromatic rings. The molecule has 2 atom stereocenters. The Kier molecular flexibility index (Phi) is 6.53. The quantitative estimate of drug-likeness (QED) is 0.809. The van der Waals surface area contributed by atoms with Gasteiger partial charge in [0.1, 0.15) is 0 Å². The van der Waals surface area contributed by atoms with E-state index in [4.69, 9.17) is 0 Å². The number of nitrogens with zero attached hydrogens (tertiary/aromatic N) is 1. The average molecular weight is 262 g/mol. The van der Waals surface area contributed by atoms with Crippen LogP contribution in [-0.2, 0) is 6.42 Å². The van der Waals surface area contributed by atoms with Gasteiger partial charge in [-0.25, -0.2) is 0 Å². The first-order valence-corrected chi connectivity index (χ1v) is 7.44. The van der Waals surface area contributed by atoms with Crippen molar-refractivity contribution in [3.63, 3.8) is 0 Å². The topological polar surface area (TPSA) is 15.3 Å². The van der Waals surface area contributed by atoms with Crippen molar-refractivity contribution in [2.45, 2.75) is 46.2 Å². The highest BCUT2D eigenvalue weighted by molar-refractivity contribution is 5.24. The van der Waals surface area contributed by atoms with Crippen molar-refractivity contribution in [3.8, 4) is 0 Å². The van der Waals surface area contributed by atoms with Crippen molar-refractivity contribution in [1.82, 2.24) is 10.2 Å². The summed E-state index contributed by atoms with van der Waals surface area (Å²) >= 11 is 0. The molecule has 2 nitrogen and oxygen atoms in total. The summed E-state index contributed by atoms with van der Waals surface area (Å²) in [5.41, 5.74) is 2.78. The van der Waals surface area contributed by atoms with Gasteiger partial charge in [-0.2, -0.15) is 0 Å². The van der Waals surface area contributed by atoms with Gasteiger partial charge in [0.15, 0.2) is 0 Å². The molecule has 0 aliphatic rings. The Morgan fingerprint density at radius 1 is 1.05 bits per heavy atom. The SMILES string of the molecule is CCc1ccc(C(C)NCC(C(C)C)N(C)C)cc1. The normalized spacial score (nSPS) is 14.9. The Morgan fingerprint density at radius 2 is 1.63 bits per heavy atom. The summed E-state index contributed by atoms with van der Waals surface area (Å²) in [4.78, 5) is 2.31. The standard InChI is InChI=1S/C17H30N2/c1-7-15-8-10-16(11-9-15)14(4)18-12-17(13(2)3)19(5)6/h8-11,13-14,17-18H,7,12H2,1-6H3. The van der Waals surface area contributed by atoms with E-state index >= 15 is 0 Å². The predicted octanol–water partition coefficient (Wildman–Crippen LogP) is 3.49. The maximum absolute atomic E-state index is 3.66. The second kappa shape index (κ2) is 7.66. The molecule has 0 saturated carbocycles. The van der Waals surface area contributed by atoms with Crippen LogP contribution in [0.2, 0.25) is 0 Å². The summed E-state index contributed by atoms with van der Waals surface area (Å²) in [6.07, 6.45) is 1.11. The number of hydrogen-bond donors (Lipinski definition) is 1. The second-order valence-electron chi connectivity index (χ2n) is 6.00. The van der Waals surface area contributed by atoms with Crippen LogP contribution in [0.25, 0.3) is 0 Å². The molecule has 0 aliphatic heterocycles. The lowest BCUT2D eigenvalue weighted by Crippen LogP contribution is -2.42. The largest absolute Gasteiger partial charge is 0.309 e. The van der Waals surface area contributed by atoms with Gasteiger partial charge in [-0.1, -0.05) is 45.0 Å². The average Bonchev–Trinajstić information content (AvgIpc) is 2.38. The van der Waals surface area contributed by atoms with Gasteiger partial charge < -0.3 is 10.2 Å². The summed E-state index contributed by atoms with van der Waals surface area (Å²) < 4.78 is 0. The number of benzene rings is 1. The van der Waals surface area contributed by atoms with E-state index in [0.29, 0.717) is 18.0 Å². The molecule has 0 aliphatic carbocycles. The van der Waals surface area contributed by atoms with E-state index in [1.165, 1.54) is 11.1 Å². The number of nitrogens with one attached hydrogen (secondary N) is 1. The molecule has 1 aromatic carbocycles. The Bertz CT molecular complexity index is 346. The zero-order chi connectivity index (χ0) is 14.4. The van der Waals surface area contributed by atoms with Gasteiger partial charge >= 0.3 is 0 Å². The molecule has 1 rings (SSSR count). The van der Waals surface area contributed by atoms with Crippen LogP contribution in [0.15, 0.2) is 24.3 Å². The van der Waals surface area contributed by atoms with Crippen molar-refractivity contribution in [2.75, 3.05) is 20.6 Å². The van der Waals surface area contributed by atoms with Crippen molar-refractivity contribution in [1.29, 1.82) is 0 Å². The van der Waals surface area contributed by atoms with Gasteiger partial charge in [0.2, 0.25) is 0 Å². The maximum atomic E-state index is 3.66. The summed E-state index contributed by atoms with van der Waals surface area (Å²) in [6.45, 7) is 10.0. The fraction of sp³-hybridized carbons (Fsp3) is 0.647. The fourth-order valence-electron chi connectivity index (χ4n) is 2.47. The van der Waals surface area contributed by atoms with E-state index in [9.17, 15) is 0 Å². The molecule has 1 N–H and O–H groups in total. The molecule has 0 aromatic heterocycles. The lowest BCUT2D eigenvalue weighted by atomic mass is 10.0. The molecule has 0 radical (unpaired) electrons. The van der Waals surface area contributed by atoms with E-state index in [0.717, 1.165) is 13.0 Å². The molecule has 0 fully saturated rings. The molecular weight excluding hydrogens is 232 g/mol. The van der Waals surface area contributed by atoms with E-state index < -0.39 is 0 Å². The summed E-state index contributed by atoms with van der Waals surface area (Å²) in [5.74, 6) is 0.664. The Balaban J connectivity index is 2.56. The molecule has 2 unspecified atom stereocenters. The van der Waals surface area contributed by atoms with Crippen molar-refractivity contribution < 1.29 is 0 Å². The minimum absolute atomic E-state index is 0.409. The third-order valence-corrected chi connectivity index (χ3v) is 3.95. The zero-order valence-corrected chi connectivity index (χ0v) is 13.4. The van der Waals surface area contributed by atoms with Crippen LogP contribution in [-0.4, -0.2) is 31.6 Å². The first-order valence-electron chi connectivity index (χ1n) is 7.44. The molecule has 0 bridgehead atoms. The third kappa shape index (κ3) is 4.96. The van der Waals surface area contributed by atoms with Crippen LogP contribution in [0.1, 0.15) is 44.9 Å². The summed E-state index contributed by atoms with van der Waals surface area (Å²) in [6, 6.07) is 9.95. The van der Waals surface area contributed by atoms with Crippen LogP contribution in [0, 0.1) is 5.92 Å². The molecule has 0 amide bonds. The van der Waals surface area contributed by atoms with Gasteiger partial charge in [0, 0.05) is 18.6 Å². The highest BCUT2D eigenvalue weighted by Gasteiger charge is 2.16. The number of aryl methyl sites for hydroxylation is 1. The van der Waals surface area contributed by atoms with Gasteiger partial charge in [-0.3, -0.25) is 0 Å². The van der Waals surface area contributed by atoms with Gasteiger partial charge in [0.05, 0.1) is 0 Å². The summed E-state index contributed by atoms with van der Waals surface area (Å²) in [5, 5.41) is 3.66. The van der Waals surface area contributed by atoms with E-state index in [-0.39, 0.29) is 0 Å². The molecule has 0 heterocycles. The van der Waals surface area contributed by atoms with Gasteiger partial charge in [0.25, 0.3) is 0 Å². The molecule has 108 valence electrons. The molecule has 19 heavy (non-hydrogen) atoms. The first kappa shape index (κ1) is 16.2. The Hall–Kier alpha value is -0.860. The zero-order valence-electron chi connectivity index (χ0n) is 13.4. The maximum Gasteiger partial charge on any atom is 0.0292 e. The highest BCUT2D eigenvalue weighted by atomic mass is 15.1. The Morgan fingerprint density at radius 3 is 2.05 bits per heavy atom. The van der Waals surface area contributed by atoms with Crippen molar-refractivity contribution in [2.24, 2.45) is 5.92 Å². The van der Waals surface area contributed by atoms with Crippen LogP contribution in [0.4, 0.5) is 0 Å². The van der Waals surface area contributed by atoms with Crippen molar-refractivity contribution in [3.05, 3.63) is 35.4 Å². The minimum Gasteiger partial charge on any atom is -0.309 e. The number of hydrogen-bond acceptors (Lipinski definition) is 2. The fourth-order valence-corrected chi connectivity index (χ4v) is 2.47. The first-order chi connectivity index (χ1) is 8.95. The van der Waals surface area contributed by atoms with E-state index in [1.807, 2.05) is 0 Å². The van der Waals surface area contributed by atoms with E-state index in [2.05, 4.69) is 76.3 Å². The molecule has 0 spiro atoms. The molecular formula is C17H30N2.